The van der Waals surface area contributed by atoms with Gasteiger partial charge in [0.1, 0.15) is 5.83 Å². The van der Waals surface area contributed by atoms with E-state index in [1.165, 1.54) is 23.9 Å². The molecule has 0 aliphatic carbocycles. The van der Waals surface area contributed by atoms with Crippen LogP contribution in [-0.4, -0.2) is 67.9 Å². The van der Waals surface area contributed by atoms with E-state index in [0.29, 0.717) is 5.70 Å². The molecule has 35 heavy (non-hydrogen) atoms. The van der Waals surface area contributed by atoms with Gasteiger partial charge in [0.2, 0.25) is 0 Å². The van der Waals surface area contributed by atoms with Crippen LogP contribution in [0.15, 0.2) is 88.3 Å². The Kier molecular flexibility index (Phi) is 9.29. The maximum Gasteiger partial charge on any atom is 0.125 e. The minimum absolute atomic E-state index is 0.0567. The highest BCUT2D eigenvalue weighted by atomic mass is 19.1. The number of nitrogens with zero attached hydrogens (tertiary/aromatic N) is 3. The van der Waals surface area contributed by atoms with Gasteiger partial charge >= 0.3 is 0 Å². The van der Waals surface area contributed by atoms with Crippen molar-refractivity contribution in [2.45, 2.75) is 33.2 Å². The van der Waals surface area contributed by atoms with Crippen molar-refractivity contribution in [3.63, 3.8) is 0 Å². The van der Waals surface area contributed by atoms with Gasteiger partial charge in [-0.1, -0.05) is 32.7 Å². The lowest BCUT2D eigenvalue weighted by Gasteiger charge is -2.34. The molecule has 3 rings (SSSR count). The summed E-state index contributed by atoms with van der Waals surface area (Å²) >= 11 is 0. The molecule has 190 valence electrons. The van der Waals surface area contributed by atoms with Crippen LogP contribution in [0.5, 0.6) is 0 Å². The van der Waals surface area contributed by atoms with Gasteiger partial charge in [-0.3, -0.25) is 9.89 Å². The second-order valence-electron chi connectivity index (χ2n) is 9.72. The van der Waals surface area contributed by atoms with Crippen molar-refractivity contribution in [1.82, 2.24) is 20.4 Å². The van der Waals surface area contributed by atoms with Crippen LogP contribution in [0.4, 0.5) is 4.39 Å². The van der Waals surface area contributed by atoms with Crippen molar-refractivity contribution in [1.29, 1.82) is 0 Å². The Morgan fingerprint density at radius 2 is 1.94 bits per heavy atom. The molecule has 6 nitrogen and oxygen atoms in total. The molecule has 1 fully saturated rings. The van der Waals surface area contributed by atoms with Crippen LogP contribution in [0.3, 0.4) is 0 Å². The van der Waals surface area contributed by atoms with Gasteiger partial charge in [0, 0.05) is 74.1 Å². The second kappa shape index (κ2) is 12.2. The smallest absolute Gasteiger partial charge is 0.125 e. The van der Waals surface area contributed by atoms with E-state index in [1.807, 2.05) is 6.92 Å². The Morgan fingerprint density at radius 1 is 1.26 bits per heavy atom. The van der Waals surface area contributed by atoms with Crippen LogP contribution in [0, 0.1) is 5.92 Å². The molecule has 1 saturated heterocycles. The van der Waals surface area contributed by atoms with Gasteiger partial charge in [-0.25, -0.2) is 4.39 Å². The molecule has 0 aromatic rings. The average molecular weight is 481 g/mol. The van der Waals surface area contributed by atoms with E-state index in [1.54, 1.807) is 0 Å². The Hall–Kier alpha value is -2.90. The van der Waals surface area contributed by atoms with Gasteiger partial charge in [0.15, 0.2) is 0 Å². The van der Waals surface area contributed by atoms with E-state index < -0.39 is 0 Å². The normalized spacial score (nSPS) is 29.0. The molecular formula is C28H41FN6. The summed E-state index contributed by atoms with van der Waals surface area (Å²) in [6.07, 6.45) is 7.50. The van der Waals surface area contributed by atoms with E-state index >= 15 is 0 Å². The number of nitrogens with one attached hydrogen (secondary N) is 2. The molecule has 0 bridgehead atoms. The largest absolute Gasteiger partial charge is 0.401 e. The van der Waals surface area contributed by atoms with Crippen molar-refractivity contribution in [3.8, 4) is 0 Å². The molecular weight excluding hydrogens is 439 g/mol. The van der Waals surface area contributed by atoms with E-state index in [2.05, 4.69) is 65.1 Å². The van der Waals surface area contributed by atoms with Gasteiger partial charge in [0.05, 0.1) is 11.7 Å². The number of aliphatic imine (C=N–C) groups is 1. The fourth-order valence-electron chi connectivity index (χ4n) is 4.99. The summed E-state index contributed by atoms with van der Waals surface area (Å²) in [4.78, 5) is 9.14. The average Bonchev–Trinajstić information content (AvgIpc) is 3.07. The Morgan fingerprint density at radius 3 is 2.63 bits per heavy atom. The summed E-state index contributed by atoms with van der Waals surface area (Å²) in [5.41, 5.74) is 12.1. The molecule has 0 saturated carbocycles. The third kappa shape index (κ3) is 7.29. The minimum Gasteiger partial charge on any atom is -0.401 e. The standard InChI is InChI=1S/C28H41FN6/c1-19-16-25(29)8-10-32-22(4)26(19)17-27-21(3)28(24(6)33-27)23(5)31-9-7-11-34-12-14-35(15-13-34)18-20(2)30/h8,10,16-17,21,27,31,33H,2,4-5,7,9,11-15,18,30H2,1,3,6H3/b19-16+,25-8-,26-17-,32-10-. The molecule has 0 radical (unpaired) electrons. The van der Waals surface area contributed by atoms with Crippen LogP contribution >= 0.6 is 0 Å². The number of piperazine rings is 1. The van der Waals surface area contributed by atoms with Crippen molar-refractivity contribution < 1.29 is 4.39 Å². The maximum absolute atomic E-state index is 13.9. The van der Waals surface area contributed by atoms with Crippen LogP contribution < -0.4 is 16.4 Å². The number of hydrogen-bond acceptors (Lipinski definition) is 6. The molecule has 0 aromatic carbocycles. The summed E-state index contributed by atoms with van der Waals surface area (Å²) < 4.78 is 13.9. The monoisotopic (exact) mass is 480 g/mol. The van der Waals surface area contributed by atoms with Crippen molar-refractivity contribution in [2.75, 3.05) is 45.8 Å². The molecule has 3 aliphatic heterocycles. The van der Waals surface area contributed by atoms with Crippen LogP contribution in [-0.2, 0) is 0 Å². The number of hydrogen-bond donors (Lipinski definition) is 3. The molecule has 4 N–H and O–H groups in total. The third-order valence-corrected chi connectivity index (χ3v) is 6.89. The fourth-order valence-corrected chi connectivity index (χ4v) is 4.99. The Balaban J connectivity index is 1.50. The lowest BCUT2D eigenvalue weighted by atomic mass is 9.91. The summed E-state index contributed by atoms with van der Waals surface area (Å²) in [7, 11) is 0. The molecule has 2 atom stereocenters. The first-order valence-corrected chi connectivity index (χ1v) is 12.4. The summed E-state index contributed by atoms with van der Waals surface area (Å²) in [6, 6.07) is 0.0567. The third-order valence-electron chi connectivity index (χ3n) is 6.89. The molecule has 0 aromatic heterocycles. The molecule has 7 heteroatoms. The topological polar surface area (TPSA) is 68.9 Å². The van der Waals surface area contributed by atoms with Gasteiger partial charge in [-0.05, 0) is 50.1 Å². The number of nitrogens with two attached hydrogens (primary N) is 1. The highest BCUT2D eigenvalue weighted by Gasteiger charge is 2.30. The first kappa shape index (κ1) is 26.7. The summed E-state index contributed by atoms with van der Waals surface area (Å²) in [5.74, 6) is -0.101. The van der Waals surface area contributed by atoms with Gasteiger partial charge in [-0.2, -0.15) is 0 Å². The highest BCUT2D eigenvalue weighted by Crippen LogP contribution is 2.33. The van der Waals surface area contributed by atoms with E-state index in [9.17, 15) is 4.39 Å². The second-order valence-corrected chi connectivity index (χ2v) is 9.72. The summed E-state index contributed by atoms with van der Waals surface area (Å²) in [6.45, 7) is 25.3. The maximum atomic E-state index is 13.9. The lowest BCUT2D eigenvalue weighted by Crippen LogP contribution is -2.47. The molecule has 0 amide bonds. The van der Waals surface area contributed by atoms with Gasteiger partial charge < -0.3 is 21.3 Å². The number of rotatable bonds is 9. The number of halogens is 1. The zero-order valence-corrected chi connectivity index (χ0v) is 21.5. The van der Waals surface area contributed by atoms with E-state index in [-0.39, 0.29) is 17.8 Å². The predicted molar refractivity (Wildman–Crippen MR) is 145 cm³/mol. The first-order chi connectivity index (χ1) is 16.7. The zero-order chi connectivity index (χ0) is 25.5. The van der Waals surface area contributed by atoms with Crippen molar-refractivity contribution >= 4 is 6.21 Å². The first-order valence-electron chi connectivity index (χ1n) is 12.4. The van der Waals surface area contributed by atoms with Crippen LogP contribution in [0.2, 0.25) is 0 Å². The highest BCUT2D eigenvalue weighted by molar-refractivity contribution is 5.75. The van der Waals surface area contributed by atoms with Crippen LogP contribution in [0.25, 0.3) is 0 Å². The molecule has 2 unspecified atom stereocenters. The van der Waals surface area contributed by atoms with E-state index in [0.717, 1.165) is 80.5 Å². The zero-order valence-electron chi connectivity index (χ0n) is 21.5. The van der Waals surface area contributed by atoms with Crippen molar-refractivity contribution in [2.24, 2.45) is 16.6 Å². The summed E-state index contributed by atoms with van der Waals surface area (Å²) in [5, 5.41) is 7.11. The van der Waals surface area contributed by atoms with Crippen LogP contribution in [0.1, 0.15) is 27.2 Å². The molecule has 0 spiro atoms. The Labute approximate surface area is 210 Å². The fraction of sp³-hybridized carbons (Fsp3) is 0.464. The van der Waals surface area contributed by atoms with Crippen molar-refractivity contribution in [3.05, 3.63) is 83.3 Å². The molecule has 3 aliphatic rings. The van der Waals surface area contributed by atoms with Gasteiger partial charge in [-0.15, -0.1) is 0 Å². The predicted octanol–water partition coefficient (Wildman–Crippen LogP) is 3.78. The number of allylic oxidation sites excluding steroid dienone is 6. The van der Waals surface area contributed by atoms with Gasteiger partial charge in [0.25, 0.3) is 0 Å². The lowest BCUT2D eigenvalue weighted by molar-refractivity contribution is 0.139. The SMILES string of the molecule is C=C(N)CN1CCN(CCCNC(=C)C2=C(C)NC(\C=C3C(=C)\N=C/C=C(F)/C=C/3C)C2C)CC1. The quantitative estimate of drug-likeness (QED) is 0.438. The Bertz CT molecular complexity index is 991. The molecule has 3 heterocycles. The minimum atomic E-state index is -0.312. The van der Waals surface area contributed by atoms with E-state index in [4.69, 9.17) is 5.73 Å².